The molecule has 0 amide bonds. The van der Waals surface area contributed by atoms with Crippen LogP contribution in [0.25, 0.3) is 11.3 Å². The third kappa shape index (κ3) is 4.67. The van der Waals surface area contributed by atoms with Gasteiger partial charge >= 0.3 is 0 Å². The fourth-order valence-electron chi connectivity index (χ4n) is 2.92. The molecular formula is C20H25N5O. The van der Waals surface area contributed by atoms with Gasteiger partial charge in [-0.05, 0) is 62.8 Å². The van der Waals surface area contributed by atoms with E-state index in [4.69, 9.17) is 4.74 Å². The zero-order valence-corrected chi connectivity index (χ0v) is 15.6. The molecule has 0 aliphatic rings. The lowest BCUT2D eigenvalue weighted by molar-refractivity contribution is 0.311. The van der Waals surface area contributed by atoms with E-state index in [-0.39, 0.29) is 0 Å². The minimum absolute atomic E-state index is 0.813. The number of ether oxygens (including phenoxy) is 1. The van der Waals surface area contributed by atoms with Gasteiger partial charge in [-0.1, -0.05) is 6.07 Å². The fourth-order valence-corrected chi connectivity index (χ4v) is 2.92. The summed E-state index contributed by atoms with van der Waals surface area (Å²) in [5.41, 5.74) is 3.93. The number of aryl methyl sites for hydroxylation is 2. The molecule has 0 aliphatic heterocycles. The van der Waals surface area contributed by atoms with Crippen molar-refractivity contribution >= 4 is 0 Å². The predicted molar refractivity (Wildman–Crippen MR) is 102 cm³/mol. The molecule has 2 aromatic heterocycles. The first-order valence-electron chi connectivity index (χ1n) is 8.79. The Labute approximate surface area is 154 Å². The molecule has 6 nitrogen and oxygen atoms in total. The van der Waals surface area contributed by atoms with E-state index in [0.29, 0.717) is 0 Å². The van der Waals surface area contributed by atoms with Crippen LogP contribution < -0.4 is 4.74 Å². The van der Waals surface area contributed by atoms with Gasteiger partial charge < -0.3 is 9.64 Å². The van der Waals surface area contributed by atoms with Crippen LogP contribution in [0.2, 0.25) is 0 Å². The summed E-state index contributed by atoms with van der Waals surface area (Å²) < 4.78 is 7.47. The summed E-state index contributed by atoms with van der Waals surface area (Å²) in [5.74, 6) is 0.813. The van der Waals surface area contributed by atoms with Gasteiger partial charge in [-0.3, -0.25) is 4.68 Å². The number of hydrogen-bond acceptors (Lipinski definition) is 5. The van der Waals surface area contributed by atoms with Crippen LogP contribution >= 0.6 is 0 Å². The summed E-state index contributed by atoms with van der Waals surface area (Å²) in [7, 11) is 3.82. The number of nitrogens with zero attached hydrogens (tertiary/aromatic N) is 5. The van der Waals surface area contributed by atoms with Gasteiger partial charge in [-0.15, -0.1) is 0 Å². The van der Waals surface area contributed by atoms with Crippen molar-refractivity contribution in [2.45, 2.75) is 26.4 Å². The molecule has 0 unspecified atom stereocenters. The largest absolute Gasteiger partial charge is 0.496 e. The van der Waals surface area contributed by atoms with Crippen LogP contribution in [0, 0.1) is 6.92 Å². The van der Waals surface area contributed by atoms with Gasteiger partial charge in [0, 0.05) is 31.0 Å². The first-order chi connectivity index (χ1) is 12.7. The zero-order chi connectivity index (χ0) is 18.4. The molecule has 2 heterocycles. The number of benzene rings is 1. The predicted octanol–water partition coefficient (Wildman–Crippen LogP) is 3.18. The van der Waals surface area contributed by atoms with Crippen molar-refractivity contribution in [2.75, 3.05) is 20.7 Å². The lowest BCUT2D eigenvalue weighted by Gasteiger charge is -2.18. The van der Waals surface area contributed by atoms with Crippen LogP contribution in [-0.2, 0) is 13.1 Å². The number of rotatable bonds is 8. The molecule has 0 radical (unpaired) electrons. The zero-order valence-electron chi connectivity index (χ0n) is 15.6. The maximum atomic E-state index is 5.51. The first kappa shape index (κ1) is 18.1. The third-order valence-corrected chi connectivity index (χ3v) is 4.28. The highest BCUT2D eigenvalue weighted by molar-refractivity contribution is 5.67. The van der Waals surface area contributed by atoms with Gasteiger partial charge in [0.25, 0.3) is 0 Å². The monoisotopic (exact) mass is 351 g/mol. The molecule has 3 aromatic rings. The SMILES string of the molecule is COc1ccc(CN(C)CCCn2cccn2)cc1-c1ccc(C)nn1. The van der Waals surface area contributed by atoms with E-state index in [1.807, 2.05) is 48.3 Å². The Kier molecular flexibility index (Phi) is 5.96. The molecular weight excluding hydrogens is 326 g/mol. The minimum atomic E-state index is 0.813. The van der Waals surface area contributed by atoms with Crippen molar-refractivity contribution in [2.24, 2.45) is 0 Å². The van der Waals surface area contributed by atoms with Crippen molar-refractivity contribution in [3.8, 4) is 17.0 Å². The number of hydrogen-bond donors (Lipinski definition) is 0. The summed E-state index contributed by atoms with van der Waals surface area (Å²) in [4.78, 5) is 2.32. The van der Waals surface area contributed by atoms with Gasteiger partial charge in [0.2, 0.25) is 0 Å². The van der Waals surface area contributed by atoms with Crippen LogP contribution in [0.1, 0.15) is 17.7 Å². The Morgan fingerprint density at radius 2 is 2.04 bits per heavy atom. The lowest BCUT2D eigenvalue weighted by Crippen LogP contribution is -2.20. The highest BCUT2D eigenvalue weighted by Crippen LogP contribution is 2.29. The highest BCUT2D eigenvalue weighted by atomic mass is 16.5. The van der Waals surface area contributed by atoms with Gasteiger partial charge in [0.15, 0.2) is 0 Å². The highest BCUT2D eigenvalue weighted by Gasteiger charge is 2.10. The van der Waals surface area contributed by atoms with Gasteiger partial charge in [-0.2, -0.15) is 15.3 Å². The van der Waals surface area contributed by atoms with E-state index in [1.165, 1.54) is 5.56 Å². The average Bonchev–Trinajstić information content (AvgIpc) is 3.16. The summed E-state index contributed by atoms with van der Waals surface area (Å²) in [6, 6.07) is 12.2. The smallest absolute Gasteiger partial charge is 0.128 e. The molecule has 3 rings (SSSR count). The topological polar surface area (TPSA) is 56.1 Å². The van der Waals surface area contributed by atoms with Crippen LogP contribution in [0.5, 0.6) is 5.75 Å². The molecule has 0 bridgehead atoms. The Bertz CT molecular complexity index is 815. The van der Waals surface area contributed by atoms with Gasteiger partial charge in [0.05, 0.1) is 18.5 Å². The Balaban J connectivity index is 1.65. The molecule has 0 aliphatic carbocycles. The van der Waals surface area contributed by atoms with E-state index in [1.54, 1.807) is 7.11 Å². The standard InChI is InChI=1S/C20H25N5O/c1-16-6-8-19(23-22-16)18-14-17(7-9-20(18)26-3)15-24(2)11-5-13-25-12-4-10-21-25/h4,6-10,12,14H,5,11,13,15H2,1-3H3. The maximum absolute atomic E-state index is 5.51. The molecule has 136 valence electrons. The first-order valence-corrected chi connectivity index (χ1v) is 8.79. The van der Waals surface area contributed by atoms with Crippen molar-refractivity contribution in [1.29, 1.82) is 0 Å². The summed E-state index contributed by atoms with van der Waals surface area (Å²) in [6.07, 6.45) is 4.87. The third-order valence-electron chi connectivity index (χ3n) is 4.28. The van der Waals surface area contributed by atoms with E-state index >= 15 is 0 Å². The van der Waals surface area contributed by atoms with E-state index < -0.39 is 0 Å². The normalized spacial score (nSPS) is 11.1. The van der Waals surface area contributed by atoms with Crippen molar-refractivity contribution < 1.29 is 4.74 Å². The van der Waals surface area contributed by atoms with E-state index in [0.717, 1.165) is 48.8 Å². The van der Waals surface area contributed by atoms with Crippen molar-refractivity contribution in [3.63, 3.8) is 0 Å². The van der Waals surface area contributed by atoms with Crippen molar-refractivity contribution in [3.05, 3.63) is 60.0 Å². The quantitative estimate of drug-likeness (QED) is 0.624. The second kappa shape index (κ2) is 8.58. The molecule has 0 fully saturated rings. The van der Waals surface area contributed by atoms with Crippen LogP contribution in [-0.4, -0.2) is 45.6 Å². The van der Waals surface area contributed by atoms with Crippen LogP contribution in [0.4, 0.5) is 0 Å². The molecule has 1 aromatic carbocycles. The van der Waals surface area contributed by atoms with Crippen molar-refractivity contribution in [1.82, 2.24) is 24.9 Å². The summed E-state index contributed by atoms with van der Waals surface area (Å²) in [5, 5.41) is 12.7. The second-order valence-electron chi connectivity index (χ2n) is 6.46. The lowest BCUT2D eigenvalue weighted by atomic mass is 10.1. The molecule has 6 heteroatoms. The van der Waals surface area contributed by atoms with E-state index in [2.05, 4.69) is 39.4 Å². The fraction of sp³-hybridized carbons (Fsp3) is 0.350. The molecule has 0 saturated carbocycles. The Morgan fingerprint density at radius 3 is 2.73 bits per heavy atom. The molecule has 0 spiro atoms. The molecule has 26 heavy (non-hydrogen) atoms. The maximum Gasteiger partial charge on any atom is 0.128 e. The average molecular weight is 351 g/mol. The molecule has 0 N–H and O–H groups in total. The minimum Gasteiger partial charge on any atom is -0.496 e. The van der Waals surface area contributed by atoms with E-state index in [9.17, 15) is 0 Å². The van der Waals surface area contributed by atoms with Crippen LogP contribution in [0.3, 0.4) is 0 Å². The van der Waals surface area contributed by atoms with Gasteiger partial charge in [-0.25, -0.2) is 0 Å². The summed E-state index contributed by atoms with van der Waals surface area (Å²) >= 11 is 0. The number of methoxy groups -OCH3 is 1. The summed E-state index contributed by atoms with van der Waals surface area (Å²) in [6.45, 7) is 4.74. The molecule has 0 saturated heterocycles. The van der Waals surface area contributed by atoms with Gasteiger partial charge in [0.1, 0.15) is 5.75 Å². The Hall–Kier alpha value is -2.73. The van der Waals surface area contributed by atoms with Crippen LogP contribution in [0.15, 0.2) is 48.8 Å². The molecule has 0 atom stereocenters. The Morgan fingerprint density at radius 1 is 1.15 bits per heavy atom. The number of aromatic nitrogens is 4. The second-order valence-corrected chi connectivity index (χ2v) is 6.46.